The van der Waals surface area contributed by atoms with Gasteiger partial charge >= 0.3 is 11.8 Å². The molecule has 0 unspecified atom stereocenters. The Morgan fingerprint density at radius 2 is 2.10 bits per heavy atom. The topological polar surface area (TPSA) is 96.2 Å². The van der Waals surface area contributed by atoms with Crippen LogP contribution < -0.4 is 10.6 Å². The quantitative estimate of drug-likeness (QED) is 0.720. The van der Waals surface area contributed by atoms with Crippen molar-refractivity contribution in [3.63, 3.8) is 0 Å². The molecule has 7 nitrogen and oxygen atoms in total. The summed E-state index contributed by atoms with van der Waals surface area (Å²) in [7, 11) is 0. The summed E-state index contributed by atoms with van der Waals surface area (Å²) >= 11 is 0. The molecular weight excluding hydrogens is 272 g/mol. The second kappa shape index (κ2) is 6.56. The first-order chi connectivity index (χ1) is 10.0. The highest BCUT2D eigenvalue weighted by Gasteiger charge is 2.13. The minimum absolute atomic E-state index is 0.0160. The van der Waals surface area contributed by atoms with Gasteiger partial charge in [0.25, 0.3) is 0 Å². The number of amides is 2. The number of aryl methyl sites for hydroxylation is 1. The third-order valence-electron chi connectivity index (χ3n) is 2.71. The van der Waals surface area contributed by atoms with Gasteiger partial charge in [-0.3, -0.25) is 14.3 Å². The molecular formula is C14H16N4O3. The Kier molecular flexibility index (Phi) is 4.55. The second-order valence-corrected chi connectivity index (χ2v) is 4.48. The van der Waals surface area contributed by atoms with Gasteiger partial charge in [0.1, 0.15) is 5.75 Å². The number of carbonyl (C=O) groups is 2. The van der Waals surface area contributed by atoms with E-state index in [1.54, 1.807) is 23.0 Å². The number of aromatic nitrogens is 2. The van der Waals surface area contributed by atoms with E-state index < -0.39 is 11.8 Å². The number of phenols is 1. The largest absolute Gasteiger partial charge is 0.508 e. The van der Waals surface area contributed by atoms with Crippen LogP contribution in [0.4, 0.5) is 5.69 Å². The summed E-state index contributed by atoms with van der Waals surface area (Å²) in [5, 5.41) is 18.3. The van der Waals surface area contributed by atoms with Crippen molar-refractivity contribution in [1.29, 1.82) is 0 Å². The predicted molar refractivity (Wildman–Crippen MR) is 76.7 cm³/mol. The second-order valence-electron chi connectivity index (χ2n) is 4.48. The number of phenolic OH excluding ortho intramolecular Hbond substituents is 1. The molecule has 0 aliphatic carbocycles. The summed E-state index contributed by atoms with van der Waals surface area (Å²) < 4.78 is 1.68. The highest BCUT2D eigenvalue weighted by Crippen LogP contribution is 2.14. The zero-order chi connectivity index (χ0) is 15.2. The van der Waals surface area contributed by atoms with Crippen LogP contribution in [0.3, 0.4) is 0 Å². The van der Waals surface area contributed by atoms with E-state index in [2.05, 4.69) is 15.7 Å². The Bertz CT molecular complexity index is 651. The van der Waals surface area contributed by atoms with Crippen LogP contribution in [-0.4, -0.2) is 33.2 Å². The molecule has 0 bridgehead atoms. The van der Waals surface area contributed by atoms with Crippen LogP contribution in [0.25, 0.3) is 0 Å². The number of hydrogen-bond acceptors (Lipinski definition) is 4. The highest BCUT2D eigenvalue weighted by molar-refractivity contribution is 6.39. The first kappa shape index (κ1) is 14.6. The van der Waals surface area contributed by atoms with E-state index in [9.17, 15) is 14.7 Å². The molecule has 110 valence electrons. The molecule has 1 aromatic heterocycles. The maximum atomic E-state index is 11.6. The zero-order valence-corrected chi connectivity index (χ0v) is 11.5. The van der Waals surface area contributed by atoms with Crippen LogP contribution in [0.2, 0.25) is 0 Å². The van der Waals surface area contributed by atoms with Crippen molar-refractivity contribution in [3.8, 4) is 5.75 Å². The first-order valence-electron chi connectivity index (χ1n) is 6.43. The highest BCUT2D eigenvalue weighted by atomic mass is 16.3. The van der Waals surface area contributed by atoms with Gasteiger partial charge in [-0.2, -0.15) is 5.10 Å². The number of nitrogens with zero attached hydrogens (tertiary/aromatic N) is 2. The number of hydrogen-bond donors (Lipinski definition) is 3. The van der Waals surface area contributed by atoms with Gasteiger partial charge in [0.2, 0.25) is 0 Å². The maximum Gasteiger partial charge on any atom is 0.313 e. The standard InChI is InChI=1S/C14H16N4O3/c1-10-5-7-18(17-10)8-6-15-13(20)14(21)16-11-3-2-4-12(19)9-11/h2-5,7,9,19H,6,8H2,1H3,(H,15,20)(H,16,21). The molecule has 2 amide bonds. The maximum absolute atomic E-state index is 11.6. The SMILES string of the molecule is Cc1ccn(CCNC(=O)C(=O)Nc2cccc(O)c2)n1. The molecule has 0 fully saturated rings. The van der Waals surface area contributed by atoms with Gasteiger partial charge in [0, 0.05) is 24.5 Å². The van der Waals surface area contributed by atoms with Crippen LogP contribution in [0, 0.1) is 6.92 Å². The molecule has 0 atom stereocenters. The third kappa shape index (κ3) is 4.34. The van der Waals surface area contributed by atoms with E-state index >= 15 is 0 Å². The van der Waals surface area contributed by atoms with Gasteiger partial charge in [-0.15, -0.1) is 0 Å². The van der Waals surface area contributed by atoms with E-state index in [1.807, 2.05) is 13.0 Å². The van der Waals surface area contributed by atoms with Gasteiger partial charge in [0.15, 0.2) is 0 Å². The van der Waals surface area contributed by atoms with Crippen molar-refractivity contribution in [2.24, 2.45) is 0 Å². The average molecular weight is 288 g/mol. The first-order valence-corrected chi connectivity index (χ1v) is 6.43. The molecule has 3 N–H and O–H groups in total. The molecule has 0 saturated heterocycles. The van der Waals surface area contributed by atoms with Crippen molar-refractivity contribution in [2.75, 3.05) is 11.9 Å². The number of aromatic hydroxyl groups is 1. The smallest absolute Gasteiger partial charge is 0.313 e. The Balaban J connectivity index is 1.78. The lowest BCUT2D eigenvalue weighted by Gasteiger charge is -2.07. The lowest BCUT2D eigenvalue weighted by Crippen LogP contribution is -2.37. The van der Waals surface area contributed by atoms with Crippen molar-refractivity contribution in [1.82, 2.24) is 15.1 Å². The van der Waals surface area contributed by atoms with Crippen molar-refractivity contribution >= 4 is 17.5 Å². The fourth-order valence-corrected chi connectivity index (χ4v) is 1.72. The van der Waals surface area contributed by atoms with Crippen LogP contribution >= 0.6 is 0 Å². The summed E-state index contributed by atoms with van der Waals surface area (Å²) in [6.07, 6.45) is 1.80. The molecule has 2 rings (SSSR count). The van der Waals surface area contributed by atoms with E-state index in [0.29, 0.717) is 18.8 Å². The predicted octanol–water partition coefficient (Wildman–Crippen LogP) is 0.652. The Morgan fingerprint density at radius 1 is 1.29 bits per heavy atom. The van der Waals surface area contributed by atoms with Crippen LogP contribution in [0.5, 0.6) is 5.75 Å². The van der Waals surface area contributed by atoms with E-state index in [1.165, 1.54) is 12.1 Å². The molecule has 1 aromatic carbocycles. The van der Waals surface area contributed by atoms with E-state index in [0.717, 1.165) is 5.69 Å². The number of carbonyl (C=O) groups excluding carboxylic acids is 2. The van der Waals surface area contributed by atoms with Gasteiger partial charge in [-0.25, -0.2) is 0 Å². The minimum atomic E-state index is -0.780. The molecule has 0 aliphatic rings. The van der Waals surface area contributed by atoms with Gasteiger partial charge in [-0.1, -0.05) is 6.07 Å². The molecule has 0 aliphatic heterocycles. The van der Waals surface area contributed by atoms with E-state index in [4.69, 9.17) is 0 Å². The van der Waals surface area contributed by atoms with Crippen LogP contribution in [0.1, 0.15) is 5.69 Å². The zero-order valence-electron chi connectivity index (χ0n) is 11.5. The van der Waals surface area contributed by atoms with Gasteiger partial charge < -0.3 is 15.7 Å². The Hall–Kier alpha value is -2.83. The lowest BCUT2D eigenvalue weighted by atomic mass is 10.3. The van der Waals surface area contributed by atoms with Crippen LogP contribution in [0.15, 0.2) is 36.5 Å². The number of anilines is 1. The summed E-state index contributed by atoms with van der Waals surface area (Å²) in [5.41, 5.74) is 1.25. The lowest BCUT2D eigenvalue weighted by molar-refractivity contribution is -0.136. The summed E-state index contributed by atoms with van der Waals surface area (Å²) in [6, 6.07) is 7.84. The molecule has 0 spiro atoms. The number of nitrogens with one attached hydrogen (secondary N) is 2. The molecule has 21 heavy (non-hydrogen) atoms. The molecule has 2 aromatic rings. The minimum Gasteiger partial charge on any atom is -0.508 e. The van der Waals surface area contributed by atoms with E-state index in [-0.39, 0.29) is 5.75 Å². The Labute approximate surface area is 121 Å². The Morgan fingerprint density at radius 3 is 2.76 bits per heavy atom. The fraction of sp³-hybridized carbons (Fsp3) is 0.214. The van der Waals surface area contributed by atoms with Crippen molar-refractivity contribution in [2.45, 2.75) is 13.5 Å². The number of rotatable bonds is 4. The summed E-state index contributed by atoms with van der Waals surface area (Å²) in [5.74, 6) is -1.50. The van der Waals surface area contributed by atoms with Crippen molar-refractivity contribution < 1.29 is 14.7 Å². The fourth-order valence-electron chi connectivity index (χ4n) is 1.72. The monoisotopic (exact) mass is 288 g/mol. The molecule has 0 radical (unpaired) electrons. The molecule has 0 saturated carbocycles. The average Bonchev–Trinajstić information content (AvgIpc) is 2.84. The normalized spacial score (nSPS) is 10.1. The van der Waals surface area contributed by atoms with Crippen molar-refractivity contribution in [3.05, 3.63) is 42.2 Å². The number of benzene rings is 1. The molecule has 1 heterocycles. The molecule has 7 heteroatoms. The van der Waals surface area contributed by atoms with Crippen LogP contribution in [-0.2, 0) is 16.1 Å². The third-order valence-corrected chi connectivity index (χ3v) is 2.71. The van der Waals surface area contributed by atoms with Gasteiger partial charge in [0.05, 0.1) is 12.2 Å². The summed E-state index contributed by atoms with van der Waals surface area (Å²) in [4.78, 5) is 23.3. The summed E-state index contributed by atoms with van der Waals surface area (Å²) in [6.45, 7) is 2.66. The van der Waals surface area contributed by atoms with Gasteiger partial charge in [-0.05, 0) is 25.1 Å².